The lowest BCUT2D eigenvalue weighted by Gasteiger charge is -2.13. The van der Waals surface area contributed by atoms with Crippen molar-refractivity contribution in [3.63, 3.8) is 0 Å². The smallest absolute Gasteiger partial charge is 0.414 e. The van der Waals surface area contributed by atoms with Crippen molar-refractivity contribution in [2.45, 2.75) is 12.8 Å². The first kappa shape index (κ1) is 16.1. The maximum atomic E-state index is 11.7. The molecule has 0 aromatic heterocycles. The summed E-state index contributed by atoms with van der Waals surface area (Å²) >= 11 is 0. The van der Waals surface area contributed by atoms with Crippen LogP contribution in [0.2, 0.25) is 0 Å². The zero-order valence-corrected chi connectivity index (χ0v) is 12.6. The third-order valence-electron chi connectivity index (χ3n) is 3.26. The van der Waals surface area contributed by atoms with Gasteiger partial charge >= 0.3 is 12.1 Å². The highest BCUT2D eigenvalue weighted by Crippen LogP contribution is 2.20. The lowest BCUT2D eigenvalue weighted by Crippen LogP contribution is -2.29. The first-order chi connectivity index (χ1) is 10.7. The zero-order chi connectivity index (χ0) is 15.8. The highest BCUT2D eigenvalue weighted by molar-refractivity contribution is 5.91. The fraction of sp³-hybridized carbons (Fsp3) is 0.467. The van der Waals surface area contributed by atoms with Crippen molar-refractivity contribution in [1.82, 2.24) is 5.32 Å². The van der Waals surface area contributed by atoms with Crippen LogP contribution in [0.3, 0.4) is 0 Å². The summed E-state index contributed by atoms with van der Waals surface area (Å²) in [7, 11) is 1.66. The van der Waals surface area contributed by atoms with Crippen LogP contribution in [-0.4, -0.2) is 45.5 Å². The Morgan fingerprint density at radius 3 is 2.73 bits per heavy atom. The number of ether oxygens (including phenoxy) is 2. The highest BCUT2D eigenvalue weighted by Gasteiger charge is 2.23. The SMILES string of the molecule is COCCCCNC(=O)Nc1ccc(N2CCOC2=O)cc1. The molecule has 0 atom stereocenters. The molecule has 7 heteroatoms. The van der Waals surface area contributed by atoms with E-state index in [0.29, 0.717) is 32.0 Å². The van der Waals surface area contributed by atoms with Gasteiger partial charge in [0.25, 0.3) is 0 Å². The molecule has 120 valence electrons. The Morgan fingerprint density at radius 1 is 1.32 bits per heavy atom. The molecule has 0 unspecified atom stereocenters. The third kappa shape index (κ3) is 4.63. The fourth-order valence-electron chi connectivity index (χ4n) is 2.10. The number of nitrogens with zero attached hydrogens (tertiary/aromatic N) is 1. The number of amides is 3. The topological polar surface area (TPSA) is 79.9 Å². The fourth-order valence-corrected chi connectivity index (χ4v) is 2.10. The molecule has 2 N–H and O–H groups in total. The molecule has 2 rings (SSSR count). The number of anilines is 2. The zero-order valence-electron chi connectivity index (χ0n) is 12.6. The number of carbonyl (C=O) groups is 2. The van der Waals surface area contributed by atoms with E-state index in [9.17, 15) is 9.59 Å². The minimum absolute atomic E-state index is 0.245. The van der Waals surface area contributed by atoms with Gasteiger partial charge in [0.05, 0.1) is 6.54 Å². The lowest BCUT2D eigenvalue weighted by molar-refractivity contribution is 0.181. The molecular formula is C15H21N3O4. The molecule has 1 aliphatic heterocycles. The second-order valence-corrected chi connectivity index (χ2v) is 4.89. The molecule has 1 aromatic carbocycles. The molecule has 0 saturated carbocycles. The Bertz CT molecular complexity index is 504. The van der Waals surface area contributed by atoms with Gasteiger partial charge in [-0.2, -0.15) is 0 Å². The van der Waals surface area contributed by atoms with Crippen molar-refractivity contribution in [3.8, 4) is 0 Å². The molecule has 1 saturated heterocycles. The molecule has 1 fully saturated rings. The maximum absolute atomic E-state index is 11.7. The van der Waals surface area contributed by atoms with Crippen molar-refractivity contribution in [1.29, 1.82) is 0 Å². The summed E-state index contributed by atoms with van der Waals surface area (Å²) < 4.78 is 9.83. The van der Waals surface area contributed by atoms with E-state index in [0.717, 1.165) is 18.5 Å². The average molecular weight is 307 g/mol. The van der Waals surface area contributed by atoms with Crippen molar-refractivity contribution < 1.29 is 19.1 Å². The summed E-state index contributed by atoms with van der Waals surface area (Å²) in [5, 5.41) is 5.52. The Labute approximate surface area is 129 Å². The van der Waals surface area contributed by atoms with Crippen molar-refractivity contribution in [2.24, 2.45) is 0 Å². The average Bonchev–Trinajstić information content (AvgIpc) is 2.94. The Morgan fingerprint density at radius 2 is 2.09 bits per heavy atom. The lowest BCUT2D eigenvalue weighted by atomic mass is 10.2. The third-order valence-corrected chi connectivity index (χ3v) is 3.26. The minimum Gasteiger partial charge on any atom is -0.447 e. The van der Waals surface area contributed by atoms with Gasteiger partial charge in [-0.1, -0.05) is 0 Å². The van der Waals surface area contributed by atoms with Crippen LogP contribution in [0.1, 0.15) is 12.8 Å². The predicted molar refractivity (Wildman–Crippen MR) is 83.3 cm³/mol. The highest BCUT2D eigenvalue weighted by atomic mass is 16.6. The second-order valence-electron chi connectivity index (χ2n) is 4.89. The Hall–Kier alpha value is -2.28. The predicted octanol–water partition coefficient (Wildman–Crippen LogP) is 2.19. The van der Waals surface area contributed by atoms with Crippen LogP contribution < -0.4 is 15.5 Å². The number of hydrogen-bond acceptors (Lipinski definition) is 4. The standard InChI is InChI=1S/C15H21N3O4/c1-21-10-3-2-8-16-14(19)17-12-4-6-13(7-5-12)18-9-11-22-15(18)20/h4-7H,2-3,8-11H2,1H3,(H2,16,17,19). The minimum atomic E-state index is -0.338. The van der Waals surface area contributed by atoms with E-state index >= 15 is 0 Å². The van der Waals surface area contributed by atoms with Crippen molar-refractivity contribution in [2.75, 3.05) is 43.6 Å². The Balaban J connectivity index is 1.76. The van der Waals surface area contributed by atoms with Gasteiger partial charge in [-0.3, -0.25) is 4.90 Å². The molecule has 1 aliphatic rings. The van der Waals surface area contributed by atoms with E-state index in [1.807, 2.05) is 0 Å². The summed E-state index contributed by atoms with van der Waals surface area (Å²) in [6.07, 6.45) is 1.45. The van der Waals surface area contributed by atoms with Crippen LogP contribution in [0.5, 0.6) is 0 Å². The van der Waals surface area contributed by atoms with Gasteiger partial charge in [0, 0.05) is 31.6 Å². The van der Waals surface area contributed by atoms with Crippen LogP contribution in [0.15, 0.2) is 24.3 Å². The molecule has 0 radical (unpaired) electrons. The number of benzene rings is 1. The maximum Gasteiger partial charge on any atom is 0.414 e. The number of hydrogen-bond donors (Lipinski definition) is 2. The van der Waals surface area contributed by atoms with E-state index in [2.05, 4.69) is 10.6 Å². The number of carbonyl (C=O) groups excluding carboxylic acids is 2. The summed E-state index contributed by atoms with van der Waals surface area (Å²) in [6.45, 7) is 2.26. The number of cyclic esters (lactones) is 1. The van der Waals surface area contributed by atoms with Crippen molar-refractivity contribution >= 4 is 23.5 Å². The van der Waals surface area contributed by atoms with Gasteiger partial charge in [0.1, 0.15) is 6.61 Å². The number of nitrogens with one attached hydrogen (secondary N) is 2. The largest absolute Gasteiger partial charge is 0.447 e. The van der Waals surface area contributed by atoms with Gasteiger partial charge in [0.2, 0.25) is 0 Å². The molecule has 1 heterocycles. The van der Waals surface area contributed by atoms with Crippen molar-refractivity contribution in [3.05, 3.63) is 24.3 Å². The van der Waals surface area contributed by atoms with Crippen LogP contribution in [0.4, 0.5) is 21.0 Å². The van der Waals surface area contributed by atoms with E-state index in [4.69, 9.17) is 9.47 Å². The number of rotatable bonds is 7. The van der Waals surface area contributed by atoms with E-state index in [-0.39, 0.29) is 12.1 Å². The number of methoxy groups -OCH3 is 1. The summed E-state index contributed by atoms with van der Waals surface area (Å²) in [6, 6.07) is 6.82. The quantitative estimate of drug-likeness (QED) is 0.757. The van der Waals surface area contributed by atoms with Crippen LogP contribution in [0, 0.1) is 0 Å². The van der Waals surface area contributed by atoms with Crippen LogP contribution in [-0.2, 0) is 9.47 Å². The second kappa shape index (κ2) is 8.23. The number of urea groups is 1. The molecule has 0 spiro atoms. The molecule has 7 nitrogen and oxygen atoms in total. The normalized spacial score (nSPS) is 13.9. The van der Waals surface area contributed by atoms with E-state index in [1.54, 1.807) is 36.3 Å². The van der Waals surface area contributed by atoms with Crippen LogP contribution in [0.25, 0.3) is 0 Å². The first-order valence-electron chi connectivity index (χ1n) is 7.29. The molecule has 0 aliphatic carbocycles. The summed E-state index contributed by atoms with van der Waals surface area (Å²) in [5.41, 5.74) is 1.43. The molecular weight excluding hydrogens is 286 g/mol. The molecule has 1 aromatic rings. The van der Waals surface area contributed by atoms with E-state index < -0.39 is 0 Å². The van der Waals surface area contributed by atoms with Gasteiger partial charge in [0.15, 0.2) is 0 Å². The first-order valence-corrected chi connectivity index (χ1v) is 7.29. The molecule has 22 heavy (non-hydrogen) atoms. The van der Waals surface area contributed by atoms with Gasteiger partial charge in [-0.05, 0) is 37.1 Å². The monoisotopic (exact) mass is 307 g/mol. The van der Waals surface area contributed by atoms with Gasteiger partial charge in [-0.25, -0.2) is 9.59 Å². The van der Waals surface area contributed by atoms with Gasteiger partial charge < -0.3 is 20.1 Å². The Kier molecular flexibility index (Phi) is 6.02. The van der Waals surface area contributed by atoms with Crippen LogP contribution >= 0.6 is 0 Å². The van der Waals surface area contributed by atoms with E-state index in [1.165, 1.54) is 0 Å². The molecule has 0 bridgehead atoms. The summed E-state index contributed by atoms with van der Waals surface area (Å²) in [5.74, 6) is 0. The summed E-state index contributed by atoms with van der Waals surface area (Å²) in [4.78, 5) is 24.7. The number of unbranched alkanes of at least 4 members (excludes halogenated alkanes) is 1. The van der Waals surface area contributed by atoms with Gasteiger partial charge in [-0.15, -0.1) is 0 Å². The molecule has 3 amide bonds.